The first-order chi connectivity index (χ1) is 61.4. The summed E-state index contributed by atoms with van der Waals surface area (Å²) in [5.41, 5.74) is 19.4. The lowest BCUT2D eigenvalue weighted by Crippen LogP contribution is -2.11. The minimum Gasteiger partial charge on any atom is -0.452 e. The van der Waals surface area contributed by atoms with Gasteiger partial charge in [-0.1, -0.05) is 42.2 Å². The molecule has 20 heterocycles. The van der Waals surface area contributed by atoms with Crippen LogP contribution in [0.1, 0.15) is 156 Å². The summed E-state index contributed by atoms with van der Waals surface area (Å²) < 4.78 is 30.7. The summed E-state index contributed by atoms with van der Waals surface area (Å²) in [6, 6.07) is 0. The first kappa shape index (κ1) is 113. The van der Waals surface area contributed by atoms with Gasteiger partial charge >= 0.3 is 5.76 Å². The van der Waals surface area contributed by atoms with Gasteiger partial charge in [0.05, 0.1) is 56.4 Å². The molecule has 129 heavy (non-hydrogen) atoms. The Hall–Kier alpha value is -14.2. The van der Waals surface area contributed by atoms with Gasteiger partial charge in [0.15, 0.2) is 25.3 Å². The van der Waals surface area contributed by atoms with Crippen LogP contribution >= 0.6 is 57.7 Å². The van der Waals surface area contributed by atoms with Gasteiger partial charge in [0.2, 0.25) is 29.4 Å². The molecular formula is C80H116N36O8S5. The van der Waals surface area contributed by atoms with E-state index in [0.29, 0.717) is 48.6 Å². The Bertz CT molecular complexity index is 4700. The predicted molar refractivity (Wildman–Crippen MR) is 519 cm³/mol. The summed E-state index contributed by atoms with van der Waals surface area (Å²) in [7, 11) is 0. The Morgan fingerprint density at radius 2 is 1.25 bits per heavy atom. The summed E-state index contributed by atoms with van der Waals surface area (Å²) >= 11 is 7.98. The lowest BCUT2D eigenvalue weighted by Gasteiger charge is -1.89. The quantitative estimate of drug-likeness (QED) is 0.0637. The van der Waals surface area contributed by atoms with Crippen LogP contribution < -0.4 is 32.2 Å². The van der Waals surface area contributed by atoms with Crippen molar-refractivity contribution in [3.05, 3.63) is 241 Å². The molecule has 694 valence electrons. The van der Waals surface area contributed by atoms with E-state index in [1.807, 2.05) is 165 Å². The Balaban J connectivity index is 0.000000679. The van der Waals surface area contributed by atoms with E-state index in [-0.39, 0.29) is 0 Å². The van der Waals surface area contributed by atoms with Crippen LogP contribution in [-0.4, -0.2) is 176 Å². The lowest BCUT2D eigenvalue weighted by molar-refractivity contribution is 0.178. The highest BCUT2D eigenvalue weighted by Crippen LogP contribution is 2.17. The largest absolute Gasteiger partial charge is 0.452 e. The van der Waals surface area contributed by atoms with Gasteiger partial charge in [0, 0.05) is 116 Å². The molecule has 0 fully saturated rings. The van der Waals surface area contributed by atoms with E-state index >= 15 is 0 Å². The number of aromatic nitrogens is 17. The number of aliphatic imine (C=N–C) groups is 9. The molecule has 0 amide bonds. The van der Waals surface area contributed by atoms with Gasteiger partial charge in [-0.05, 0) is 158 Å². The Morgan fingerprint density at radius 1 is 0.589 bits per heavy atom. The van der Waals surface area contributed by atoms with Crippen LogP contribution in [0.4, 0.5) is 0 Å². The van der Waals surface area contributed by atoms with E-state index in [0.717, 1.165) is 132 Å². The van der Waals surface area contributed by atoms with Crippen molar-refractivity contribution in [3.8, 4) is 0 Å². The number of amidine groups is 4. The monoisotopic (exact) mass is 1870 g/mol. The number of hydrazone groups is 3. The van der Waals surface area contributed by atoms with E-state index in [1.54, 1.807) is 124 Å². The summed E-state index contributed by atoms with van der Waals surface area (Å²) in [4.78, 5) is 88.0. The highest BCUT2D eigenvalue weighted by molar-refractivity contribution is 8.17. The Kier molecular flexibility index (Phi) is 61.2. The zero-order chi connectivity index (χ0) is 95.9. The third kappa shape index (κ3) is 68.8. The molecule has 0 atom stereocenters. The van der Waals surface area contributed by atoms with Crippen molar-refractivity contribution in [2.45, 2.75) is 172 Å². The first-order valence-electron chi connectivity index (χ1n) is 38.3. The van der Waals surface area contributed by atoms with E-state index in [1.165, 1.54) is 35.3 Å². The van der Waals surface area contributed by atoms with E-state index < -0.39 is 5.76 Å². The Morgan fingerprint density at radius 3 is 1.38 bits per heavy atom. The number of H-pyrrole nitrogens is 4. The second-order valence-corrected chi connectivity index (χ2v) is 30.0. The minimum absolute atomic E-state index is 0.428. The summed E-state index contributed by atoms with van der Waals surface area (Å²) in [5.74, 6) is 12.6. The number of rotatable bonds is 0. The van der Waals surface area contributed by atoms with Gasteiger partial charge in [0.1, 0.15) is 94.1 Å². The molecule has 44 nitrogen and oxygen atoms in total. The molecule has 0 saturated heterocycles. The smallest absolute Gasteiger partial charge is 0.438 e. The first-order valence-corrected chi connectivity index (χ1v) is 42.6. The number of aryl methyl sites for hydroxylation is 13. The fourth-order valence-corrected chi connectivity index (χ4v) is 9.60. The number of thioether (sulfide) groups is 1. The van der Waals surface area contributed by atoms with Gasteiger partial charge < -0.3 is 32.3 Å². The van der Waals surface area contributed by atoms with Crippen LogP contribution in [0.3, 0.4) is 0 Å². The van der Waals surface area contributed by atoms with E-state index in [9.17, 15) is 4.79 Å². The Labute approximate surface area is 770 Å². The molecule has 10 aromatic heterocycles. The molecule has 10 aliphatic rings. The molecule has 49 heteroatoms. The summed E-state index contributed by atoms with van der Waals surface area (Å²) in [6.07, 6.45) is 26.5. The minimum atomic E-state index is -0.502. The SMILES string of the molecule is C=C1N=C(C)NO1.C=C1N=C(C)NS1.C=C1NN=C(C)O1.C=C1NN=C(C)O1.C=C1NN=C(C)S1.CC1=CCC=N1.CC1=NC=CC1.CC1=NCC=N1.CC1=NCN=C1.CC1=NCN=N1.Cc1cnco1.Cc1cncs1.Cc1cocn1.Cc1cscn1.Cc1n[nH]c(C)n1.Cc1n[nH]c(C)n1.Cc1n[nH]c(C)n1.Cc1ncco1.Cc1nccs1.Cc1noc(=O)[nH]1. The second kappa shape index (κ2) is 70.0. The molecule has 0 bridgehead atoms. The number of thiazole rings is 3. The number of nitrogens with zero attached hydrogens (tertiary/aromatic N) is 27. The summed E-state index contributed by atoms with van der Waals surface area (Å²) in [5, 5.41) is 49.0. The van der Waals surface area contributed by atoms with Crippen molar-refractivity contribution in [1.82, 2.24) is 112 Å². The van der Waals surface area contributed by atoms with Crippen LogP contribution in [0, 0.1) is 90.0 Å². The van der Waals surface area contributed by atoms with Gasteiger partial charge in [-0.15, -0.1) is 49.3 Å². The molecule has 0 spiro atoms. The molecule has 0 saturated carbocycles. The number of aromatic amines is 4. The molecule has 20 rings (SSSR count). The maximum absolute atomic E-state index is 10.0. The zero-order valence-electron chi connectivity index (χ0n) is 76.8. The average molecular weight is 1870 g/mol. The van der Waals surface area contributed by atoms with Crippen LogP contribution in [0.15, 0.2) is 250 Å². The normalized spacial score (nSPS) is 13.8. The molecule has 0 unspecified atom stereocenters. The van der Waals surface area contributed by atoms with Crippen LogP contribution in [0.2, 0.25) is 0 Å². The third-order valence-electron chi connectivity index (χ3n) is 12.6. The molecule has 9 N–H and O–H groups in total. The van der Waals surface area contributed by atoms with Crippen molar-refractivity contribution in [2.75, 3.05) is 19.9 Å². The van der Waals surface area contributed by atoms with Crippen LogP contribution in [0.5, 0.6) is 0 Å². The molecular weight excluding hydrogens is 1750 g/mol. The fourth-order valence-electron chi connectivity index (χ4n) is 7.17. The topological polar surface area (TPSA) is 561 Å². The van der Waals surface area contributed by atoms with E-state index in [4.69, 9.17) is 18.3 Å². The number of hydrogen-bond donors (Lipinski definition) is 9. The van der Waals surface area contributed by atoms with Crippen molar-refractivity contribution >= 4 is 128 Å². The molecule has 10 aromatic rings. The summed E-state index contributed by atoms with van der Waals surface area (Å²) in [6.45, 7) is 62.8. The van der Waals surface area contributed by atoms with E-state index in [2.05, 4.69) is 241 Å². The number of nitrogens with one attached hydrogen (secondary N) is 9. The van der Waals surface area contributed by atoms with Crippen molar-refractivity contribution in [3.63, 3.8) is 0 Å². The second-order valence-electron chi connectivity index (χ2n) is 25.0. The van der Waals surface area contributed by atoms with Gasteiger partial charge in [-0.25, -0.2) is 66.0 Å². The van der Waals surface area contributed by atoms with Crippen molar-refractivity contribution < 1.29 is 32.1 Å². The highest BCUT2D eigenvalue weighted by atomic mass is 32.2. The standard InChI is InChI=1S/2C5H7N.3C4H7N3.3C4H6N2O.2C4H6N2S.2C4H6N2.3C4H5NO.3C4H5NS.C3H5N3.C3H4N2O2/c2*1-5-3-2-4-6-5;3*1-3-5-4(2)7-6-3;2*1-3-5-6-4(2)7-3;1-3-5-4(2)7-6-3;1-3-5-6-4(2)7-3;1-3-5-4(2)7-6-3;1-4-2-5-3-6-4;1-4-5-2-3-6-4;1-4-2-6-3-5-4;1-4-2-5-3-6-4;1-4-5-2-3-6-4;1-4-2-6-3-5-4;1-4-2-5-3-6-4;1-4-5-2-3-6-4;1-3-4-2-5-6-3;1-2-4-3(6)7-5-2/h3-4H,2H2,1H3;2,4H,3H2,1H3;3*1-2H3,(H,5,6,7);2*5H,1H2,2H3;2H2,1H3,(H,5,6);5H,1H2,2H3;2H2,1H3,(H,5,6);2*2H,3H2,1H3;6*2-3H,1H3;2H2,1H3;1H3,(H,4,5,6). The van der Waals surface area contributed by atoms with Gasteiger partial charge in [0.25, 0.3) is 0 Å². The van der Waals surface area contributed by atoms with Gasteiger partial charge in [-0.2, -0.15) is 30.5 Å². The lowest BCUT2D eigenvalue weighted by atomic mass is 10.3. The third-order valence-corrected chi connectivity index (χ3v) is 16.2. The maximum atomic E-state index is 10.0. The maximum Gasteiger partial charge on any atom is 0.438 e. The molecule has 0 aliphatic carbocycles. The molecule has 0 radical (unpaired) electrons. The number of oxazole rings is 3. The van der Waals surface area contributed by atoms with Crippen molar-refractivity contribution in [2.24, 2.45) is 70.5 Å². The molecule has 10 aliphatic heterocycles. The number of hydroxylamine groups is 1. The predicted octanol–water partition coefficient (Wildman–Crippen LogP) is 16.3. The molecule has 0 aromatic carbocycles. The average Bonchev–Trinajstić information content (AvgIpc) is 1.85. The number of allylic oxidation sites excluding steroid dienone is 3. The van der Waals surface area contributed by atoms with Crippen LogP contribution in [-0.2, 0) is 14.3 Å². The number of ether oxygens (including phenoxy) is 2. The fraction of sp³-hybridized carbons (Fsp3) is 0.350. The number of azo groups is 1. The zero-order valence-corrected chi connectivity index (χ0v) is 80.9. The highest BCUT2D eigenvalue weighted by Gasteiger charge is 2.06. The van der Waals surface area contributed by atoms with Gasteiger partial charge in [-0.3, -0.25) is 70.1 Å². The number of hydrogen-bond acceptors (Lipinski definition) is 45. The van der Waals surface area contributed by atoms with Crippen molar-refractivity contribution in [1.29, 1.82) is 0 Å². The van der Waals surface area contributed by atoms with Crippen LogP contribution in [0.25, 0.3) is 0 Å².